The zero-order chi connectivity index (χ0) is 15.5. The molecule has 0 radical (unpaired) electrons. The average Bonchev–Trinajstić information content (AvgIpc) is 3.39. The quantitative estimate of drug-likeness (QED) is 0.757. The van der Waals surface area contributed by atoms with Gasteiger partial charge in [0.2, 0.25) is 5.91 Å². The summed E-state index contributed by atoms with van der Waals surface area (Å²) in [6.45, 7) is 6.02. The molecule has 6 nitrogen and oxygen atoms in total. The molecule has 0 unspecified atom stereocenters. The first-order valence-electron chi connectivity index (χ1n) is 8.72. The van der Waals surface area contributed by atoms with E-state index in [0.29, 0.717) is 32.2 Å². The molecule has 3 amide bonds. The highest BCUT2D eigenvalue weighted by Gasteiger charge is 2.42. The van der Waals surface area contributed by atoms with Crippen LogP contribution in [0, 0.1) is 11.8 Å². The fourth-order valence-electron chi connectivity index (χ4n) is 3.34. The lowest BCUT2D eigenvalue weighted by atomic mass is 10.1. The summed E-state index contributed by atoms with van der Waals surface area (Å²) < 4.78 is 0. The highest BCUT2D eigenvalue weighted by Crippen LogP contribution is 2.44. The first-order chi connectivity index (χ1) is 10.7. The Balaban J connectivity index is 1.38. The maximum absolute atomic E-state index is 12.3. The first kappa shape index (κ1) is 15.6. The Bertz CT molecular complexity index is 400. The number of carbonyl (C=O) groups excluding carboxylic acids is 2. The van der Waals surface area contributed by atoms with Crippen LogP contribution < -0.4 is 10.6 Å². The van der Waals surface area contributed by atoms with Gasteiger partial charge in [0.25, 0.3) is 0 Å². The Labute approximate surface area is 132 Å². The molecule has 3 fully saturated rings. The van der Waals surface area contributed by atoms with Gasteiger partial charge in [-0.3, -0.25) is 9.69 Å². The normalized spacial score (nSPS) is 22.7. The Morgan fingerprint density at radius 2 is 1.64 bits per heavy atom. The van der Waals surface area contributed by atoms with E-state index in [1.165, 1.54) is 25.7 Å². The zero-order valence-electron chi connectivity index (χ0n) is 13.5. The summed E-state index contributed by atoms with van der Waals surface area (Å²) in [5.74, 6) is 1.65. The molecule has 1 heterocycles. The van der Waals surface area contributed by atoms with Crippen LogP contribution in [0.25, 0.3) is 0 Å². The molecule has 0 aromatic rings. The second-order valence-electron chi connectivity index (χ2n) is 6.87. The van der Waals surface area contributed by atoms with Gasteiger partial charge < -0.3 is 15.5 Å². The van der Waals surface area contributed by atoms with Gasteiger partial charge in [-0.15, -0.1) is 0 Å². The van der Waals surface area contributed by atoms with Crippen molar-refractivity contribution < 1.29 is 9.59 Å². The maximum Gasteiger partial charge on any atom is 0.317 e. The summed E-state index contributed by atoms with van der Waals surface area (Å²) in [7, 11) is 0. The number of hydrogen-bond acceptors (Lipinski definition) is 3. The predicted octanol–water partition coefficient (Wildman–Crippen LogP) is 0.638. The van der Waals surface area contributed by atoms with Crippen LogP contribution in [0.3, 0.4) is 0 Å². The smallest absolute Gasteiger partial charge is 0.317 e. The van der Waals surface area contributed by atoms with E-state index >= 15 is 0 Å². The lowest BCUT2D eigenvalue weighted by Crippen LogP contribution is -2.54. The molecular weight excluding hydrogens is 280 g/mol. The summed E-state index contributed by atoms with van der Waals surface area (Å²) in [6, 6.07) is 0.443. The van der Waals surface area contributed by atoms with Gasteiger partial charge in [-0.1, -0.05) is 0 Å². The Morgan fingerprint density at radius 1 is 1.05 bits per heavy atom. The lowest BCUT2D eigenvalue weighted by Gasteiger charge is -2.34. The number of urea groups is 1. The van der Waals surface area contributed by atoms with Gasteiger partial charge in [0.15, 0.2) is 0 Å². The molecule has 1 saturated heterocycles. The van der Waals surface area contributed by atoms with Crippen LogP contribution in [0.4, 0.5) is 4.79 Å². The maximum atomic E-state index is 12.3. The minimum absolute atomic E-state index is 0.00846. The van der Waals surface area contributed by atoms with Crippen molar-refractivity contribution in [3.63, 3.8) is 0 Å². The number of hydrogen-bond donors (Lipinski definition) is 2. The molecule has 2 N–H and O–H groups in total. The zero-order valence-corrected chi connectivity index (χ0v) is 13.5. The van der Waals surface area contributed by atoms with Crippen molar-refractivity contribution in [2.45, 2.75) is 38.6 Å². The topological polar surface area (TPSA) is 64.7 Å². The van der Waals surface area contributed by atoms with Crippen molar-refractivity contribution in [2.75, 3.05) is 39.3 Å². The molecule has 0 aromatic carbocycles. The van der Waals surface area contributed by atoms with Crippen LogP contribution in [0.1, 0.15) is 32.6 Å². The van der Waals surface area contributed by atoms with Gasteiger partial charge in [0.05, 0.1) is 6.54 Å². The number of amides is 3. The minimum atomic E-state index is 0.00846. The lowest BCUT2D eigenvalue weighted by molar-refractivity contribution is -0.123. The summed E-state index contributed by atoms with van der Waals surface area (Å²) in [5, 5.41) is 6.09. The minimum Gasteiger partial charge on any atom is -0.352 e. The first-order valence-corrected chi connectivity index (χ1v) is 8.72. The van der Waals surface area contributed by atoms with Gasteiger partial charge in [0.1, 0.15) is 0 Å². The van der Waals surface area contributed by atoms with Crippen molar-refractivity contribution in [3.05, 3.63) is 0 Å². The van der Waals surface area contributed by atoms with E-state index in [1.807, 2.05) is 11.8 Å². The van der Waals surface area contributed by atoms with Gasteiger partial charge >= 0.3 is 6.03 Å². The molecule has 1 aliphatic heterocycles. The second-order valence-corrected chi connectivity index (χ2v) is 6.87. The Kier molecular flexibility index (Phi) is 4.86. The molecule has 0 spiro atoms. The van der Waals surface area contributed by atoms with Crippen LogP contribution in [-0.4, -0.2) is 67.0 Å². The van der Waals surface area contributed by atoms with Crippen LogP contribution in [0.5, 0.6) is 0 Å². The van der Waals surface area contributed by atoms with E-state index in [1.54, 1.807) is 0 Å². The molecule has 2 saturated carbocycles. The van der Waals surface area contributed by atoms with Crippen molar-refractivity contribution >= 4 is 11.9 Å². The molecule has 0 atom stereocenters. The highest BCUT2D eigenvalue weighted by atomic mass is 16.2. The van der Waals surface area contributed by atoms with Crippen LogP contribution in [0.2, 0.25) is 0 Å². The summed E-state index contributed by atoms with van der Waals surface area (Å²) in [5.41, 5.74) is 0. The van der Waals surface area contributed by atoms with Crippen LogP contribution in [-0.2, 0) is 4.79 Å². The van der Waals surface area contributed by atoms with E-state index in [9.17, 15) is 9.59 Å². The molecule has 22 heavy (non-hydrogen) atoms. The van der Waals surface area contributed by atoms with E-state index in [2.05, 4.69) is 15.5 Å². The number of rotatable bonds is 6. The standard InChI is InChI=1S/C16H28N4O2/c1-2-17-16(22)20-9-7-19(8-10-20)11-14(21)18-15(12-3-4-12)13-5-6-13/h12-13,15H,2-11H2,1H3,(H,17,22)(H,18,21). The number of carbonyl (C=O) groups is 2. The number of nitrogens with zero attached hydrogens (tertiary/aromatic N) is 2. The summed E-state index contributed by atoms with van der Waals surface area (Å²) in [4.78, 5) is 28.0. The second kappa shape index (κ2) is 6.86. The predicted molar refractivity (Wildman–Crippen MR) is 84.5 cm³/mol. The van der Waals surface area contributed by atoms with Crippen LogP contribution in [0.15, 0.2) is 0 Å². The third kappa shape index (κ3) is 4.12. The van der Waals surface area contributed by atoms with E-state index in [0.717, 1.165) is 24.9 Å². The van der Waals surface area contributed by atoms with E-state index in [-0.39, 0.29) is 11.9 Å². The average molecular weight is 308 g/mol. The van der Waals surface area contributed by atoms with Gasteiger partial charge in [-0.05, 0) is 44.4 Å². The third-order valence-corrected chi connectivity index (χ3v) is 4.94. The van der Waals surface area contributed by atoms with Crippen molar-refractivity contribution in [3.8, 4) is 0 Å². The summed E-state index contributed by atoms with van der Waals surface area (Å²) in [6.07, 6.45) is 5.14. The third-order valence-electron chi connectivity index (χ3n) is 4.94. The van der Waals surface area contributed by atoms with Gasteiger partial charge in [-0.2, -0.15) is 0 Å². The Morgan fingerprint density at radius 3 is 2.14 bits per heavy atom. The molecular formula is C16H28N4O2. The van der Waals surface area contributed by atoms with E-state index in [4.69, 9.17) is 0 Å². The van der Waals surface area contributed by atoms with Crippen molar-refractivity contribution in [1.82, 2.24) is 20.4 Å². The molecule has 124 valence electrons. The largest absolute Gasteiger partial charge is 0.352 e. The Hall–Kier alpha value is -1.30. The van der Waals surface area contributed by atoms with E-state index < -0.39 is 0 Å². The fraction of sp³-hybridized carbons (Fsp3) is 0.875. The fourth-order valence-corrected chi connectivity index (χ4v) is 3.34. The number of piperazine rings is 1. The molecule has 2 aliphatic carbocycles. The molecule has 3 aliphatic rings. The molecule has 3 rings (SSSR count). The monoisotopic (exact) mass is 308 g/mol. The van der Waals surface area contributed by atoms with Gasteiger partial charge in [0, 0.05) is 38.8 Å². The number of nitrogens with one attached hydrogen (secondary N) is 2. The molecule has 6 heteroatoms. The highest BCUT2D eigenvalue weighted by molar-refractivity contribution is 5.78. The van der Waals surface area contributed by atoms with Crippen molar-refractivity contribution in [1.29, 1.82) is 0 Å². The van der Waals surface area contributed by atoms with Gasteiger partial charge in [-0.25, -0.2) is 4.79 Å². The SMILES string of the molecule is CCNC(=O)N1CCN(CC(=O)NC(C2CC2)C2CC2)CC1. The summed E-state index contributed by atoms with van der Waals surface area (Å²) >= 11 is 0. The van der Waals surface area contributed by atoms with Crippen LogP contribution >= 0.6 is 0 Å². The molecule has 0 aromatic heterocycles. The molecule has 0 bridgehead atoms. The van der Waals surface area contributed by atoms with Crippen molar-refractivity contribution in [2.24, 2.45) is 11.8 Å².